The van der Waals surface area contributed by atoms with Crippen molar-refractivity contribution in [2.75, 3.05) is 12.5 Å². The van der Waals surface area contributed by atoms with Crippen molar-refractivity contribution in [3.63, 3.8) is 0 Å². The molecule has 3 heteroatoms. The minimum atomic E-state index is 1.12. The number of rotatable bonds is 2. The SMILES string of the molecule is CC.CSc1cccnc1SC. The van der Waals surface area contributed by atoms with Crippen LogP contribution in [0, 0.1) is 0 Å². The summed E-state index contributed by atoms with van der Waals surface area (Å²) in [6.07, 6.45) is 5.93. The average molecular weight is 201 g/mol. The molecule has 0 radical (unpaired) electrons. The van der Waals surface area contributed by atoms with Crippen LogP contribution in [0.2, 0.25) is 0 Å². The first-order chi connectivity index (χ1) is 5.88. The maximum absolute atomic E-state index is 4.21. The second kappa shape index (κ2) is 7.50. The highest BCUT2D eigenvalue weighted by molar-refractivity contribution is 8.01. The molecule has 0 bridgehead atoms. The van der Waals surface area contributed by atoms with Crippen molar-refractivity contribution in [3.05, 3.63) is 18.3 Å². The van der Waals surface area contributed by atoms with Crippen LogP contribution in [-0.4, -0.2) is 17.5 Å². The van der Waals surface area contributed by atoms with Gasteiger partial charge in [0.05, 0.1) is 0 Å². The molecule has 0 aliphatic carbocycles. The van der Waals surface area contributed by atoms with Gasteiger partial charge in [-0.25, -0.2) is 4.98 Å². The summed E-state index contributed by atoms with van der Waals surface area (Å²) in [5, 5.41) is 1.12. The molecule has 1 rings (SSSR count). The Labute approximate surface area is 83.4 Å². The first-order valence-corrected chi connectivity index (χ1v) is 6.36. The second-order valence-corrected chi connectivity index (χ2v) is 3.36. The first-order valence-electron chi connectivity index (χ1n) is 3.91. The van der Waals surface area contributed by atoms with E-state index in [0.29, 0.717) is 0 Å². The zero-order valence-electron chi connectivity index (χ0n) is 8.00. The molecular formula is C9H15NS2. The largest absolute Gasteiger partial charge is 0.249 e. The molecule has 1 aromatic heterocycles. The summed E-state index contributed by atoms with van der Waals surface area (Å²) in [6, 6.07) is 4.05. The molecule has 0 aliphatic rings. The predicted octanol–water partition coefficient (Wildman–Crippen LogP) is 3.55. The quantitative estimate of drug-likeness (QED) is 0.679. The third kappa shape index (κ3) is 3.50. The van der Waals surface area contributed by atoms with E-state index in [4.69, 9.17) is 0 Å². The Bertz CT molecular complexity index is 190. The zero-order chi connectivity index (χ0) is 9.40. The fraction of sp³-hybridized carbons (Fsp3) is 0.444. The van der Waals surface area contributed by atoms with Crippen molar-refractivity contribution in [3.8, 4) is 0 Å². The molecule has 0 aromatic carbocycles. The van der Waals surface area contributed by atoms with Crippen molar-refractivity contribution in [2.45, 2.75) is 23.8 Å². The van der Waals surface area contributed by atoms with Gasteiger partial charge in [-0.1, -0.05) is 13.8 Å². The van der Waals surface area contributed by atoms with E-state index in [0.717, 1.165) is 5.03 Å². The maximum Gasteiger partial charge on any atom is 0.109 e. The minimum Gasteiger partial charge on any atom is -0.249 e. The molecular weight excluding hydrogens is 186 g/mol. The first kappa shape index (κ1) is 11.8. The number of hydrogen-bond acceptors (Lipinski definition) is 3. The molecule has 1 aromatic rings. The lowest BCUT2D eigenvalue weighted by Gasteiger charge is -1.99. The molecule has 0 unspecified atom stereocenters. The molecule has 0 saturated carbocycles. The minimum absolute atomic E-state index is 1.12. The normalized spacial score (nSPS) is 8.67. The lowest BCUT2D eigenvalue weighted by Crippen LogP contribution is -1.79. The van der Waals surface area contributed by atoms with Crippen LogP contribution in [-0.2, 0) is 0 Å². The van der Waals surface area contributed by atoms with Crippen LogP contribution in [0.5, 0.6) is 0 Å². The molecule has 0 amide bonds. The molecule has 1 nitrogen and oxygen atoms in total. The van der Waals surface area contributed by atoms with Gasteiger partial charge in [0.25, 0.3) is 0 Å². The summed E-state index contributed by atoms with van der Waals surface area (Å²) in [5.41, 5.74) is 0. The summed E-state index contributed by atoms with van der Waals surface area (Å²) >= 11 is 3.42. The van der Waals surface area contributed by atoms with Gasteiger partial charge in [-0.2, -0.15) is 0 Å². The van der Waals surface area contributed by atoms with Crippen molar-refractivity contribution in [2.24, 2.45) is 0 Å². The molecule has 0 saturated heterocycles. The highest BCUT2D eigenvalue weighted by Gasteiger charge is 1.97. The zero-order valence-corrected chi connectivity index (χ0v) is 9.63. The smallest absolute Gasteiger partial charge is 0.109 e. The van der Waals surface area contributed by atoms with Crippen molar-refractivity contribution in [1.29, 1.82) is 0 Å². The van der Waals surface area contributed by atoms with E-state index in [1.54, 1.807) is 23.5 Å². The average Bonchev–Trinajstić information content (AvgIpc) is 2.20. The maximum atomic E-state index is 4.21. The van der Waals surface area contributed by atoms with Gasteiger partial charge in [0.1, 0.15) is 5.03 Å². The fourth-order valence-corrected chi connectivity index (χ4v) is 2.06. The van der Waals surface area contributed by atoms with E-state index in [1.165, 1.54) is 4.90 Å². The summed E-state index contributed by atoms with van der Waals surface area (Å²) in [5.74, 6) is 0. The Kier molecular flexibility index (Phi) is 7.40. The fourth-order valence-electron chi connectivity index (χ4n) is 0.685. The number of aromatic nitrogens is 1. The van der Waals surface area contributed by atoms with Gasteiger partial charge >= 0.3 is 0 Å². The van der Waals surface area contributed by atoms with Gasteiger partial charge in [-0.3, -0.25) is 0 Å². The van der Waals surface area contributed by atoms with Crippen molar-refractivity contribution >= 4 is 23.5 Å². The Hall–Kier alpha value is -0.150. The van der Waals surface area contributed by atoms with Gasteiger partial charge in [0.15, 0.2) is 0 Å². The molecule has 0 spiro atoms. The summed E-state index contributed by atoms with van der Waals surface area (Å²) in [7, 11) is 0. The van der Waals surface area contributed by atoms with Crippen LogP contribution < -0.4 is 0 Å². The summed E-state index contributed by atoms with van der Waals surface area (Å²) in [4.78, 5) is 5.47. The van der Waals surface area contributed by atoms with Crippen LogP contribution in [0.3, 0.4) is 0 Å². The van der Waals surface area contributed by atoms with E-state index in [1.807, 2.05) is 32.4 Å². The molecule has 0 N–H and O–H groups in total. The Morgan fingerprint density at radius 1 is 1.17 bits per heavy atom. The van der Waals surface area contributed by atoms with E-state index in [2.05, 4.69) is 17.3 Å². The van der Waals surface area contributed by atoms with E-state index >= 15 is 0 Å². The van der Waals surface area contributed by atoms with Crippen LogP contribution in [0.25, 0.3) is 0 Å². The van der Waals surface area contributed by atoms with Crippen molar-refractivity contribution < 1.29 is 0 Å². The van der Waals surface area contributed by atoms with E-state index in [-0.39, 0.29) is 0 Å². The standard InChI is InChI=1S/C7H9NS2.C2H6/c1-9-6-4-3-5-8-7(6)10-2;1-2/h3-5H,1-2H3;1-2H3. The molecule has 68 valence electrons. The van der Waals surface area contributed by atoms with Crippen LogP contribution in [0.1, 0.15) is 13.8 Å². The Balaban J connectivity index is 0.000000561. The van der Waals surface area contributed by atoms with Gasteiger partial charge in [-0.15, -0.1) is 23.5 Å². The Morgan fingerprint density at radius 2 is 1.83 bits per heavy atom. The number of hydrogen-bond donors (Lipinski definition) is 0. The van der Waals surface area contributed by atoms with E-state index in [9.17, 15) is 0 Å². The van der Waals surface area contributed by atoms with Gasteiger partial charge in [0, 0.05) is 11.1 Å². The van der Waals surface area contributed by atoms with Crippen LogP contribution in [0.15, 0.2) is 28.3 Å². The van der Waals surface area contributed by atoms with Gasteiger partial charge in [0.2, 0.25) is 0 Å². The number of pyridine rings is 1. The van der Waals surface area contributed by atoms with Crippen LogP contribution in [0.4, 0.5) is 0 Å². The topological polar surface area (TPSA) is 12.9 Å². The van der Waals surface area contributed by atoms with Gasteiger partial charge in [-0.05, 0) is 24.6 Å². The summed E-state index contributed by atoms with van der Waals surface area (Å²) in [6.45, 7) is 4.00. The predicted molar refractivity (Wildman–Crippen MR) is 59.1 cm³/mol. The summed E-state index contributed by atoms with van der Waals surface area (Å²) < 4.78 is 0. The molecule has 1 heterocycles. The molecule has 0 aliphatic heterocycles. The third-order valence-corrected chi connectivity index (χ3v) is 2.76. The highest BCUT2D eigenvalue weighted by atomic mass is 32.2. The molecule has 0 fully saturated rings. The Morgan fingerprint density at radius 3 is 2.25 bits per heavy atom. The van der Waals surface area contributed by atoms with E-state index < -0.39 is 0 Å². The van der Waals surface area contributed by atoms with Crippen molar-refractivity contribution in [1.82, 2.24) is 4.98 Å². The molecule has 12 heavy (non-hydrogen) atoms. The number of thioether (sulfide) groups is 2. The number of nitrogens with zero attached hydrogens (tertiary/aromatic N) is 1. The van der Waals surface area contributed by atoms with Gasteiger partial charge < -0.3 is 0 Å². The lowest BCUT2D eigenvalue weighted by molar-refractivity contribution is 1.04. The highest BCUT2D eigenvalue weighted by Crippen LogP contribution is 2.24. The molecule has 0 atom stereocenters. The van der Waals surface area contributed by atoms with Crippen LogP contribution >= 0.6 is 23.5 Å². The second-order valence-electron chi connectivity index (χ2n) is 1.71. The third-order valence-electron chi connectivity index (χ3n) is 1.15. The lowest BCUT2D eigenvalue weighted by atomic mass is 10.5. The monoisotopic (exact) mass is 201 g/mol.